The van der Waals surface area contributed by atoms with Crippen LogP contribution < -0.4 is 10.6 Å². The number of amides is 1. The summed E-state index contributed by atoms with van der Waals surface area (Å²) in [5.74, 6) is -0.461. The van der Waals surface area contributed by atoms with Crippen molar-refractivity contribution < 1.29 is 18.0 Å². The van der Waals surface area contributed by atoms with Crippen LogP contribution in [0.15, 0.2) is 30.6 Å². The fourth-order valence-corrected chi connectivity index (χ4v) is 2.26. The lowest BCUT2D eigenvalue weighted by Gasteiger charge is -2.16. The largest absolute Gasteiger partial charge is 0.416 e. The number of hydrogen-bond acceptors (Lipinski definition) is 3. The van der Waals surface area contributed by atoms with Crippen LogP contribution in [0.25, 0.3) is 0 Å². The fourth-order valence-electron chi connectivity index (χ4n) is 2.26. The van der Waals surface area contributed by atoms with Gasteiger partial charge in [0.25, 0.3) is 0 Å². The summed E-state index contributed by atoms with van der Waals surface area (Å²) in [7, 11) is 3.30. The van der Waals surface area contributed by atoms with E-state index in [4.69, 9.17) is 0 Å². The second-order valence-electron chi connectivity index (χ2n) is 5.19. The first-order valence-corrected chi connectivity index (χ1v) is 6.87. The Kier molecular flexibility index (Phi) is 4.74. The molecule has 1 amide bonds. The number of benzene rings is 1. The number of nitrogens with one attached hydrogen (secondary N) is 2. The highest BCUT2D eigenvalue weighted by atomic mass is 19.4. The first kappa shape index (κ1) is 17.0. The predicted octanol–water partition coefficient (Wildman–Crippen LogP) is 2.65. The number of nitrogens with zero attached hydrogens (tertiary/aromatic N) is 2. The predicted molar refractivity (Wildman–Crippen MR) is 79.8 cm³/mol. The normalized spacial score (nSPS) is 13.0. The summed E-state index contributed by atoms with van der Waals surface area (Å²) in [5.41, 5.74) is 0.0540. The average molecular weight is 326 g/mol. The van der Waals surface area contributed by atoms with Crippen LogP contribution in [-0.2, 0) is 18.0 Å². The highest BCUT2D eigenvalue weighted by Gasteiger charge is 2.32. The van der Waals surface area contributed by atoms with Gasteiger partial charge >= 0.3 is 6.18 Å². The Morgan fingerprint density at radius 3 is 2.57 bits per heavy atom. The Hall–Kier alpha value is -2.35. The van der Waals surface area contributed by atoms with Gasteiger partial charge in [0, 0.05) is 24.5 Å². The van der Waals surface area contributed by atoms with Crippen molar-refractivity contribution in [1.29, 1.82) is 0 Å². The molecule has 0 saturated carbocycles. The molecular weight excluding hydrogens is 309 g/mol. The molecule has 2 rings (SSSR count). The number of carbonyl (C=O) groups is 1. The molecule has 2 aromatic rings. The molecular formula is C15H17F3N4O. The number of aromatic nitrogens is 2. The summed E-state index contributed by atoms with van der Waals surface area (Å²) in [5, 5.41) is 9.30. The SMILES string of the molecule is CNC(C(=O)Nc1ccc(C)c(C(F)(F)F)c1)c1cnn(C)c1. The van der Waals surface area contributed by atoms with Crippen molar-refractivity contribution in [1.82, 2.24) is 15.1 Å². The molecule has 2 N–H and O–H groups in total. The molecule has 0 aliphatic carbocycles. The van der Waals surface area contributed by atoms with E-state index in [-0.39, 0.29) is 11.3 Å². The zero-order chi connectivity index (χ0) is 17.2. The van der Waals surface area contributed by atoms with Gasteiger partial charge in [0.15, 0.2) is 0 Å². The van der Waals surface area contributed by atoms with Crippen LogP contribution in [-0.4, -0.2) is 22.7 Å². The van der Waals surface area contributed by atoms with Crippen LogP contribution >= 0.6 is 0 Å². The molecule has 1 atom stereocenters. The van der Waals surface area contributed by atoms with E-state index < -0.39 is 23.7 Å². The first-order chi connectivity index (χ1) is 10.7. The minimum atomic E-state index is -4.46. The lowest BCUT2D eigenvalue weighted by molar-refractivity contribution is -0.138. The van der Waals surface area contributed by atoms with Crippen LogP contribution in [0.5, 0.6) is 0 Å². The maximum absolute atomic E-state index is 12.9. The highest BCUT2D eigenvalue weighted by Crippen LogP contribution is 2.33. The Bertz CT molecular complexity index is 709. The average Bonchev–Trinajstić information content (AvgIpc) is 2.87. The van der Waals surface area contributed by atoms with E-state index in [1.807, 2.05) is 0 Å². The van der Waals surface area contributed by atoms with E-state index in [0.29, 0.717) is 5.56 Å². The Balaban J connectivity index is 2.22. The van der Waals surface area contributed by atoms with Gasteiger partial charge in [-0.15, -0.1) is 0 Å². The van der Waals surface area contributed by atoms with Gasteiger partial charge in [-0.2, -0.15) is 18.3 Å². The Morgan fingerprint density at radius 2 is 2.04 bits per heavy atom. The van der Waals surface area contributed by atoms with Crippen molar-refractivity contribution >= 4 is 11.6 Å². The molecule has 0 fully saturated rings. The highest BCUT2D eigenvalue weighted by molar-refractivity contribution is 5.95. The maximum atomic E-state index is 12.9. The van der Waals surface area contributed by atoms with Gasteiger partial charge in [0.2, 0.25) is 5.91 Å². The van der Waals surface area contributed by atoms with E-state index >= 15 is 0 Å². The molecule has 1 heterocycles. The molecule has 23 heavy (non-hydrogen) atoms. The Morgan fingerprint density at radius 1 is 1.35 bits per heavy atom. The molecule has 8 heteroatoms. The zero-order valence-electron chi connectivity index (χ0n) is 12.9. The monoisotopic (exact) mass is 326 g/mol. The second kappa shape index (κ2) is 6.41. The van der Waals surface area contributed by atoms with Crippen molar-refractivity contribution in [3.8, 4) is 0 Å². The minimum absolute atomic E-state index is 0.0945. The zero-order valence-corrected chi connectivity index (χ0v) is 12.9. The van der Waals surface area contributed by atoms with E-state index in [2.05, 4.69) is 15.7 Å². The molecule has 124 valence electrons. The van der Waals surface area contributed by atoms with Crippen LogP contribution in [0.1, 0.15) is 22.7 Å². The molecule has 0 aliphatic rings. The van der Waals surface area contributed by atoms with E-state index in [1.54, 1.807) is 25.0 Å². The molecule has 0 radical (unpaired) electrons. The van der Waals surface area contributed by atoms with Crippen LogP contribution in [0.3, 0.4) is 0 Å². The third-order valence-electron chi connectivity index (χ3n) is 3.42. The van der Waals surface area contributed by atoms with E-state index in [1.165, 1.54) is 25.3 Å². The van der Waals surface area contributed by atoms with Gasteiger partial charge in [-0.05, 0) is 31.7 Å². The molecule has 1 unspecified atom stereocenters. The van der Waals surface area contributed by atoms with Gasteiger partial charge in [-0.3, -0.25) is 9.48 Å². The summed E-state index contributed by atoms with van der Waals surface area (Å²) in [6.45, 7) is 1.38. The number of hydrogen-bond donors (Lipinski definition) is 2. The van der Waals surface area contributed by atoms with Gasteiger partial charge in [0.05, 0.1) is 11.8 Å². The van der Waals surface area contributed by atoms with Crippen molar-refractivity contribution in [3.05, 3.63) is 47.3 Å². The quantitative estimate of drug-likeness (QED) is 0.908. The number of carbonyl (C=O) groups excluding carboxylic acids is 1. The van der Waals surface area contributed by atoms with E-state index in [9.17, 15) is 18.0 Å². The van der Waals surface area contributed by atoms with Crippen LogP contribution in [0.2, 0.25) is 0 Å². The number of aryl methyl sites for hydroxylation is 2. The van der Waals surface area contributed by atoms with E-state index in [0.717, 1.165) is 6.07 Å². The maximum Gasteiger partial charge on any atom is 0.416 e. The summed E-state index contributed by atoms with van der Waals surface area (Å²) in [4.78, 5) is 12.3. The summed E-state index contributed by atoms with van der Waals surface area (Å²) < 4.78 is 40.3. The number of anilines is 1. The molecule has 1 aromatic carbocycles. The van der Waals surface area contributed by atoms with Crippen molar-refractivity contribution in [2.45, 2.75) is 19.1 Å². The first-order valence-electron chi connectivity index (χ1n) is 6.87. The topological polar surface area (TPSA) is 59.0 Å². The Labute approximate surface area is 131 Å². The lowest BCUT2D eigenvalue weighted by Crippen LogP contribution is -2.30. The molecule has 0 saturated heterocycles. The van der Waals surface area contributed by atoms with Gasteiger partial charge < -0.3 is 10.6 Å². The smallest absolute Gasteiger partial charge is 0.324 e. The van der Waals surface area contributed by atoms with Crippen molar-refractivity contribution in [2.24, 2.45) is 7.05 Å². The van der Waals surface area contributed by atoms with Crippen molar-refractivity contribution in [3.63, 3.8) is 0 Å². The fraction of sp³-hybridized carbons (Fsp3) is 0.333. The third kappa shape index (κ3) is 3.89. The number of alkyl halides is 3. The standard InChI is InChI=1S/C15H17F3N4O/c1-9-4-5-11(6-12(9)15(16,17)18)21-14(23)13(19-2)10-7-20-22(3)8-10/h4-8,13,19H,1-3H3,(H,21,23). The molecule has 0 aliphatic heterocycles. The minimum Gasteiger partial charge on any atom is -0.324 e. The van der Waals surface area contributed by atoms with Crippen LogP contribution in [0.4, 0.5) is 18.9 Å². The van der Waals surface area contributed by atoms with Gasteiger partial charge in [0.1, 0.15) is 6.04 Å². The summed E-state index contributed by atoms with van der Waals surface area (Å²) in [6.07, 6.45) is -1.27. The molecule has 1 aromatic heterocycles. The van der Waals surface area contributed by atoms with Crippen molar-refractivity contribution in [2.75, 3.05) is 12.4 Å². The number of rotatable bonds is 4. The van der Waals surface area contributed by atoms with Gasteiger partial charge in [-0.1, -0.05) is 6.07 Å². The lowest BCUT2D eigenvalue weighted by atomic mass is 10.1. The molecule has 0 spiro atoms. The molecule has 0 bridgehead atoms. The second-order valence-corrected chi connectivity index (χ2v) is 5.19. The third-order valence-corrected chi connectivity index (χ3v) is 3.42. The van der Waals surface area contributed by atoms with Crippen LogP contribution in [0, 0.1) is 6.92 Å². The summed E-state index contributed by atoms with van der Waals surface area (Å²) >= 11 is 0. The van der Waals surface area contributed by atoms with Gasteiger partial charge in [-0.25, -0.2) is 0 Å². The summed E-state index contributed by atoms with van der Waals surface area (Å²) in [6, 6.07) is 3.00. The number of halogens is 3. The molecule has 5 nitrogen and oxygen atoms in total. The number of likely N-dealkylation sites (N-methyl/N-ethyl adjacent to an activating group) is 1.